The Morgan fingerprint density at radius 2 is 1.69 bits per heavy atom. The fourth-order valence-corrected chi connectivity index (χ4v) is 5.35. The lowest BCUT2D eigenvalue weighted by Crippen LogP contribution is -2.61. The SMILES string of the molecule is CN1c2ccccc2C(C)(C)C12C=Nc1c(c(CN(CC(=O)F)CC(=O)F)cc3ccccc13)O2. The molecular formula is C27H25F2N3O3. The standard InChI is InChI=1S/C27H25F2N3O3/c1-26(2)20-10-6-7-11-21(20)31(3)27(26)16-30-24-19-9-5-4-8-17(19)12-18(25(24)35-27)13-32(14-22(28)33)15-23(29)34/h4-12,16H,13-15H2,1-3H3. The Kier molecular flexibility index (Phi) is 5.44. The molecule has 35 heavy (non-hydrogen) atoms. The van der Waals surface area contributed by atoms with E-state index in [-0.39, 0.29) is 6.54 Å². The molecule has 0 saturated heterocycles. The van der Waals surface area contributed by atoms with Gasteiger partial charge in [0.2, 0.25) is 5.72 Å². The molecule has 2 aliphatic heterocycles. The number of hydrogen-bond donors (Lipinski definition) is 0. The number of nitrogens with zero attached hydrogens (tertiary/aromatic N) is 3. The third-order valence-electron chi connectivity index (χ3n) is 7.10. The molecule has 0 aromatic heterocycles. The molecule has 0 bridgehead atoms. The minimum absolute atomic E-state index is 0.0683. The van der Waals surface area contributed by atoms with Crippen LogP contribution in [0.25, 0.3) is 10.8 Å². The number of carbonyl (C=O) groups excluding carboxylic acids is 2. The second kappa shape index (κ2) is 8.23. The summed E-state index contributed by atoms with van der Waals surface area (Å²) < 4.78 is 33.4. The number of halogens is 2. The first-order valence-electron chi connectivity index (χ1n) is 11.4. The van der Waals surface area contributed by atoms with Crippen LogP contribution < -0.4 is 9.64 Å². The molecule has 0 aliphatic carbocycles. The van der Waals surface area contributed by atoms with E-state index in [4.69, 9.17) is 9.73 Å². The van der Waals surface area contributed by atoms with E-state index >= 15 is 0 Å². The lowest BCUT2D eigenvalue weighted by molar-refractivity contribution is -0.133. The van der Waals surface area contributed by atoms with Crippen molar-refractivity contribution in [3.63, 3.8) is 0 Å². The van der Waals surface area contributed by atoms with Crippen LogP contribution in [-0.2, 0) is 21.5 Å². The molecule has 0 radical (unpaired) electrons. The van der Waals surface area contributed by atoms with Crippen molar-refractivity contribution in [1.82, 2.24) is 4.90 Å². The molecule has 3 aromatic carbocycles. The molecular weight excluding hydrogens is 452 g/mol. The van der Waals surface area contributed by atoms with Gasteiger partial charge in [-0.25, -0.2) is 0 Å². The van der Waals surface area contributed by atoms with E-state index in [2.05, 4.69) is 19.9 Å². The minimum atomic E-state index is -1.65. The van der Waals surface area contributed by atoms with Gasteiger partial charge in [-0.05, 0) is 36.9 Å². The number of fused-ring (bicyclic) bond motifs is 4. The molecule has 0 amide bonds. The third kappa shape index (κ3) is 3.60. The monoisotopic (exact) mass is 477 g/mol. The lowest BCUT2D eigenvalue weighted by atomic mass is 9.77. The molecule has 8 heteroatoms. The van der Waals surface area contributed by atoms with Crippen molar-refractivity contribution in [3.05, 3.63) is 65.7 Å². The zero-order valence-corrected chi connectivity index (χ0v) is 19.7. The van der Waals surface area contributed by atoms with Gasteiger partial charge in [-0.15, -0.1) is 0 Å². The Morgan fingerprint density at radius 3 is 2.37 bits per heavy atom. The highest BCUT2D eigenvalue weighted by atomic mass is 19.1. The van der Waals surface area contributed by atoms with Gasteiger partial charge < -0.3 is 9.64 Å². The Balaban J connectivity index is 1.66. The minimum Gasteiger partial charge on any atom is -0.459 e. The first-order chi connectivity index (χ1) is 16.6. The van der Waals surface area contributed by atoms with Crippen molar-refractivity contribution in [2.45, 2.75) is 31.5 Å². The van der Waals surface area contributed by atoms with E-state index in [1.165, 1.54) is 0 Å². The molecule has 2 heterocycles. The topological polar surface area (TPSA) is 62.2 Å². The Labute approximate surface area is 201 Å². The number of ether oxygens (including phenoxy) is 1. The van der Waals surface area contributed by atoms with E-state index in [1.807, 2.05) is 66.7 Å². The van der Waals surface area contributed by atoms with Gasteiger partial charge in [0, 0.05) is 30.2 Å². The van der Waals surface area contributed by atoms with E-state index in [1.54, 1.807) is 0 Å². The lowest BCUT2D eigenvalue weighted by Gasteiger charge is -2.45. The van der Waals surface area contributed by atoms with Crippen LogP contribution in [0.4, 0.5) is 20.2 Å². The summed E-state index contributed by atoms with van der Waals surface area (Å²) in [6, 6.07) is 14.2. The molecule has 1 atom stereocenters. The summed E-state index contributed by atoms with van der Waals surface area (Å²) in [5, 5.41) is 1.72. The number of carbonyl (C=O) groups is 2. The summed E-state index contributed by atoms with van der Waals surface area (Å²) in [5.41, 5.74) is 1.85. The fourth-order valence-electron chi connectivity index (χ4n) is 5.35. The fraction of sp³-hybridized carbons (Fsp3) is 0.296. The van der Waals surface area contributed by atoms with Gasteiger partial charge in [0.25, 0.3) is 0 Å². The predicted molar refractivity (Wildman–Crippen MR) is 131 cm³/mol. The number of anilines is 1. The first-order valence-corrected chi connectivity index (χ1v) is 11.4. The van der Waals surface area contributed by atoms with Gasteiger partial charge in [-0.3, -0.25) is 19.5 Å². The molecule has 2 aliphatic rings. The summed E-state index contributed by atoms with van der Waals surface area (Å²) in [4.78, 5) is 30.4. The summed E-state index contributed by atoms with van der Waals surface area (Å²) in [7, 11) is 1.95. The molecule has 1 spiro atoms. The molecule has 1 unspecified atom stereocenters. The number of hydrogen-bond acceptors (Lipinski definition) is 6. The van der Waals surface area contributed by atoms with E-state index < -0.39 is 36.3 Å². The maximum Gasteiger partial charge on any atom is 0.315 e. The first kappa shape index (κ1) is 23.1. The Morgan fingerprint density at radius 1 is 1.03 bits per heavy atom. The highest BCUT2D eigenvalue weighted by molar-refractivity contribution is 6.00. The second-order valence-electron chi connectivity index (χ2n) is 9.55. The zero-order valence-electron chi connectivity index (χ0n) is 19.7. The Hall–Kier alpha value is -3.65. The van der Waals surface area contributed by atoms with Gasteiger partial charge in [0.1, 0.15) is 5.69 Å². The maximum atomic E-state index is 13.3. The molecule has 6 nitrogen and oxygen atoms in total. The largest absolute Gasteiger partial charge is 0.459 e. The summed E-state index contributed by atoms with van der Waals surface area (Å²) >= 11 is 0. The molecule has 0 N–H and O–H groups in total. The molecule has 3 aromatic rings. The van der Waals surface area contributed by atoms with Crippen LogP contribution in [0.5, 0.6) is 5.75 Å². The smallest absolute Gasteiger partial charge is 0.315 e. The number of para-hydroxylation sites is 1. The van der Waals surface area contributed by atoms with Crippen LogP contribution in [0, 0.1) is 0 Å². The van der Waals surface area contributed by atoms with Crippen LogP contribution in [-0.4, -0.2) is 49.1 Å². The molecule has 5 rings (SSSR count). The quantitative estimate of drug-likeness (QED) is 0.475. The normalized spacial score (nSPS) is 19.7. The van der Waals surface area contributed by atoms with Crippen molar-refractivity contribution < 1.29 is 23.1 Å². The van der Waals surface area contributed by atoms with Gasteiger partial charge in [-0.1, -0.05) is 42.5 Å². The van der Waals surface area contributed by atoms with Crippen LogP contribution in [0.2, 0.25) is 0 Å². The molecule has 0 saturated carbocycles. The average Bonchev–Trinajstić information content (AvgIpc) is 2.97. The van der Waals surface area contributed by atoms with E-state index in [0.717, 1.165) is 26.9 Å². The van der Waals surface area contributed by atoms with Gasteiger partial charge in [0.15, 0.2) is 5.75 Å². The number of aliphatic imine (C=N–C) groups is 1. The predicted octanol–water partition coefficient (Wildman–Crippen LogP) is 4.85. The highest BCUT2D eigenvalue weighted by Crippen LogP contribution is 2.55. The number of likely N-dealkylation sites (N-methyl/N-ethyl adjacent to an activating group) is 1. The molecule has 0 fully saturated rings. The van der Waals surface area contributed by atoms with Crippen molar-refractivity contribution in [1.29, 1.82) is 0 Å². The van der Waals surface area contributed by atoms with E-state index in [9.17, 15) is 18.4 Å². The third-order valence-corrected chi connectivity index (χ3v) is 7.10. The molecule has 180 valence electrons. The van der Waals surface area contributed by atoms with Gasteiger partial charge >= 0.3 is 12.1 Å². The number of benzene rings is 3. The second-order valence-corrected chi connectivity index (χ2v) is 9.55. The van der Waals surface area contributed by atoms with Gasteiger partial charge in [-0.2, -0.15) is 8.78 Å². The average molecular weight is 478 g/mol. The summed E-state index contributed by atoms with van der Waals surface area (Å²) in [6.07, 6.45) is 1.82. The van der Waals surface area contributed by atoms with Crippen LogP contribution in [0.15, 0.2) is 59.6 Å². The Bertz CT molecular complexity index is 1370. The van der Waals surface area contributed by atoms with Gasteiger partial charge in [0.05, 0.1) is 24.7 Å². The van der Waals surface area contributed by atoms with Crippen molar-refractivity contribution in [2.24, 2.45) is 4.99 Å². The van der Waals surface area contributed by atoms with Crippen LogP contribution >= 0.6 is 0 Å². The highest BCUT2D eigenvalue weighted by Gasteiger charge is 2.58. The maximum absolute atomic E-state index is 13.3. The van der Waals surface area contributed by atoms with E-state index in [0.29, 0.717) is 17.0 Å². The van der Waals surface area contributed by atoms with Crippen molar-refractivity contribution in [2.75, 3.05) is 25.0 Å². The summed E-state index contributed by atoms with van der Waals surface area (Å²) in [5.74, 6) is 0.460. The zero-order chi connectivity index (χ0) is 25.0. The van der Waals surface area contributed by atoms with Crippen LogP contribution in [0.1, 0.15) is 25.0 Å². The van der Waals surface area contributed by atoms with Crippen molar-refractivity contribution in [3.8, 4) is 5.75 Å². The van der Waals surface area contributed by atoms with Crippen molar-refractivity contribution >= 4 is 40.4 Å². The summed E-state index contributed by atoms with van der Waals surface area (Å²) in [6.45, 7) is 2.69. The number of rotatable bonds is 6. The van der Waals surface area contributed by atoms with Crippen LogP contribution in [0.3, 0.4) is 0 Å².